The summed E-state index contributed by atoms with van der Waals surface area (Å²) in [6, 6.07) is 45.6. The molecular formula is C44H28F2O2. The zero-order chi connectivity index (χ0) is 32.3. The molecule has 0 fully saturated rings. The van der Waals surface area contributed by atoms with E-state index in [9.17, 15) is 8.78 Å². The molecule has 7 aromatic rings. The van der Waals surface area contributed by atoms with E-state index < -0.39 is 11.2 Å². The van der Waals surface area contributed by atoms with Crippen molar-refractivity contribution in [3.05, 3.63) is 203 Å². The minimum absolute atomic E-state index is 0.323. The van der Waals surface area contributed by atoms with E-state index >= 15 is 0 Å². The van der Waals surface area contributed by atoms with Crippen LogP contribution < -0.4 is 9.47 Å². The minimum atomic E-state index is -1.07. The third kappa shape index (κ3) is 4.37. The Labute approximate surface area is 276 Å². The molecule has 48 heavy (non-hydrogen) atoms. The highest BCUT2D eigenvalue weighted by atomic mass is 19.1. The van der Waals surface area contributed by atoms with Crippen LogP contribution in [0.3, 0.4) is 0 Å². The molecule has 0 aromatic heterocycles. The highest BCUT2D eigenvalue weighted by Gasteiger charge is 2.41. The monoisotopic (exact) mass is 626 g/mol. The number of fused-ring (bicyclic) bond motifs is 6. The Balaban J connectivity index is 1.24. The number of rotatable bonds is 4. The van der Waals surface area contributed by atoms with E-state index in [0.29, 0.717) is 0 Å². The van der Waals surface area contributed by atoms with Gasteiger partial charge in [0.2, 0.25) is 0 Å². The van der Waals surface area contributed by atoms with Gasteiger partial charge in [0.05, 0.1) is 0 Å². The van der Waals surface area contributed by atoms with Crippen LogP contribution in [-0.2, 0) is 11.2 Å². The van der Waals surface area contributed by atoms with Crippen molar-refractivity contribution in [1.82, 2.24) is 0 Å². The fourth-order valence-electron chi connectivity index (χ4n) is 7.22. The third-order valence-electron chi connectivity index (χ3n) is 9.64. The van der Waals surface area contributed by atoms with Gasteiger partial charge < -0.3 is 9.47 Å². The molecule has 2 unspecified atom stereocenters. The molecule has 2 aliphatic rings. The van der Waals surface area contributed by atoms with Crippen molar-refractivity contribution in [1.29, 1.82) is 0 Å². The average Bonchev–Trinajstić information content (AvgIpc) is 3.14. The second kappa shape index (κ2) is 10.8. The first-order valence-electron chi connectivity index (χ1n) is 16.0. The molecule has 0 amide bonds. The molecular weight excluding hydrogens is 598 g/mol. The third-order valence-corrected chi connectivity index (χ3v) is 9.64. The van der Waals surface area contributed by atoms with E-state index in [1.807, 2.05) is 54.6 Å². The van der Waals surface area contributed by atoms with Crippen LogP contribution in [0, 0.1) is 11.6 Å². The second-order valence-corrected chi connectivity index (χ2v) is 12.3. The average molecular weight is 627 g/mol. The molecule has 2 nitrogen and oxygen atoms in total. The van der Waals surface area contributed by atoms with Crippen molar-refractivity contribution in [3.8, 4) is 11.5 Å². The number of hydrogen-bond donors (Lipinski definition) is 0. The first-order chi connectivity index (χ1) is 23.5. The summed E-state index contributed by atoms with van der Waals surface area (Å²) >= 11 is 0. The fourth-order valence-corrected chi connectivity index (χ4v) is 7.22. The fraction of sp³-hybridized carbons (Fsp3) is 0.0455. The van der Waals surface area contributed by atoms with Crippen LogP contribution in [0.2, 0.25) is 0 Å². The van der Waals surface area contributed by atoms with Gasteiger partial charge in [-0.05, 0) is 88.3 Å². The highest BCUT2D eigenvalue weighted by Crippen LogP contribution is 2.48. The van der Waals surface area contributed by atoms with Gasteiger partial charge in [-0.15, -0.1) is 0 Å². The van der Waals surface area contributed by atoms with E-state index in [1.54, 1.807) is 24.3 Å². The lowest BCUT2D eigenvalue weighted by atomic mass is 9.78. The van der Waals surface area contributed by atoms with Gasteiger partial charge in [-0.2, -0.15) is 0 Å². The number of benzene rings is 7. The largest absolute Gasteiger partial charge is 0.473 e. The minimum Gasteiger partial charge on any atom is -0.473 e. The Morgan fingerprint density at radius 2 is 0.833 bits per heavy atom. The molecule has 0 saturated carbocycles. The molecule has 0 spiro atoms. The normalized spacial score (nSPS) is 19.4. The van der Waals surface area contributed by atoms with Gasteiger partial charge in [0, 0.05) is 33.4 Å². The van der Waals surface area contributed by atoms with E-state index in [4.69, 9.17) is 9.47 Å². The highest BCUT2D eigenvalue weighted by molar-refractivity contribution is 5.95. The lowest BCUT2D eigenvalue weighted by molar-refractivity contribution is 0.154. The maximum absolute atomic E-state index is 14.3. The predicted molar refractivity (Wildman–Crippen MR) is 188 cm³/mol. The summed E-state index contributed by atoms with van der Waals surface area (Å²) in [6.07, 6.45) is 8.31. The summed E-state index contributed by atoms with van der Waals surface area (Å²) in [7, 11) is 0. The molecule has 4 heteroatoms. The van der Waals surface area contributed by atoms with Gasteiger partial charge in [0.1, 0.15) is 23.1 Å². The van der Waals surface area contributed by atoms with Crippen molar-refractivity contribution in [2.45, 2.75) is 11.2 Å². The Bertz CT molecular complexity index is 2260. The number of halogens is 2. The standard InChI is InChI=1S/C44H28F2O2/c45-35-18-14-31(15-19-35)43(26-24-39-37-10-3-1-6-29(37)12-22-41(39)47-43)33-8-5-9-34(28-33)44(32-16-20-36(46)21-17-32)27-25-40-38-11-4-2-7-30(38)13-23-42(40)48-44/h1-28H. The Morgan fingerprint density at radius 3 is 1.29 bits per heavy atom. The maximum atomic E-state index is 14.3. The molecule has 2 heterocycles. The van der Waals surface area contributed by atoms with Crippen molar-refractivity contribution in [2.75, 3.05) is 0 Å². The molecule has 0 N–H and O–H groups in total. The van der Waals surface area contributed by atoms with Crippen LogP contribution in [0.15, 0.2) is 158 Å². The summed E-state index contributed by atoms with van der Waals surface area (Å²) in [6.45, 7) is 0. The Hall–Kier alpha value is -6.00. The van der Waals surface area contributed by atoms with Crippen molar-refractivity contribution in [2.24, 2.45) is 0 Å². The first-order valence-corrected chi connectivity index (χ1v) is 16.0. The molecule has 7 aromatic carbocycles. The van der Waals surface area contributed by atoms with Gasteiger partial charge in [-0.1, -0.05) is 103 Å². The molecule has 2 atom stereocenters. The van der Waals surface area contributed by atoms with Gasteiger partial charge >= 0.3 is 0 Å². The topological polar surface area (TPSA) is 18.5 Å². The van der Waals surface area contributed by atoms with E-state index in [-0.39, 0.29) is 11.6 Å². The van der Waals surface area contributed by atoms with Crippen LogP contribution >= 0.6 is 0 Å². The summed E-state index contributed by atoms with van der Waals surface area (Å²) in [5.41, 5.74) is 3.08. The van der Waals surface area contributed by atoms with Crippen molar-refractivity contribution < 1.29 is 18.3 Å². The predicted octanol–water partition coefficient (Wildman–Crippen LogP) is 11.0. The summed E-state index contributed by atoms with van der Waals surface area (Å²) in [4.78, 5) is 0. The summed E-state index contributed by atoms with van der Waals surface area (Å²) in [5.74, 6) is 0.814. The van der Waals surface area contributed by atoms with Crippen molar-refractivity contribution >= 4 is 33.7 Å². The van der Waals surface area contributed by atoms with Crippen LogP contribution in [0.25, 0.3) is 33.7 Å². The van der Waals surface area contributed by atoms with Crippen LogP contribution in [0.5, 0.6) is 11.5 Å². The molecule has 0 radical (unpaired) electrons. The first kappa shape index (κ1) is 28.2. The molecule has 9 rings (SSSR count). The lowest BCUT2D eigenvalue weighted by Gasteiger charge is -2.39. The van der Waals surface area contributed by atoms with E-state index in [2.05, 4.69) is 66.8 Å². The molecule has 0 bridgehead atoms. The van der Waals surface area contributed by atoms with Crippen LogP contribution in [-0.4, -0.2) is 0 Å². The van der Waals surface area contributed by atoms with Gasteiger partial charge in [0.25, 0.3) is 0 Å². The maximum Gasteiger partial charge on any atom is 0.178 e. The Kier molecular flexibility index (Phi) is 6.34. The zero-order valence-electron chi connectivity index (χ0n) is 25.7. The van der Waals surface area contributed by atoms with E-state index in [1.165, 1.54) is 24.3 Å². The molecule has 0 saturated heterocycles. The van der Waals surface area contributed by atoms with Gasteiger partial charge in [-0.25, -0.2) is 8.78 Å². The lowest BCUT2D eigenvalue weighted by Crippen LogP contribution is -2.37. The second-order valence-electron chi connectivity index (χ2n) is 12.3. The number of hydrogen-bond acceptors (Lipinski definition) is 2. The summed E-state index contributed by atoms with van der Waals surface area (Å²) in [5, 5.41) is 4.43. The SMILES string of the molecule is Fc1ccc(C2(c3cccc(C4(c5ccc(F)cc5)C=Cc5c(ccc6ccccc56)O4)c3)C=Cc3c(ccc4ccccc34)O2)cc1. The molecule has 2 aliphatic heterocycles. The van der Waals surface area contributed by atoms with Crippen LogP contribution in [0.4, 0.5) is 8.78 Å². The van der Waals surface area contributed by atoms with Crippen LogP contribution in [0.1, 0.15) is 33.4 Å². The summed E-state index contributed by atoms with van der Waals surface area (Å²) < 4.78 is 42.6. The molecule has 230 valence electrons. The Morgan fingerprint density at radius 1 is 0.396 bits per heavy atom. The molecule has 0 aliphatic carbocycles. The van der Waals surface area contributed by atoms with Gasteiger partial charge in [0.15, 0.2) is 11.2 Å². The van der Waals surface area contributed by atoms with E-state index in [0.717, 1.165) is 66.4 Å². The number of ether oxygens (including phenoxy) is 2. The zero-order valence-corrected chi connectivity index (χ0v) is 25.7. The van der Waals surface area contributed by atoms with Crippen molar-refractivity contribution in [3.63, 3.8) is 0 Å². The smallest absolute Gasteiger partial charge is 0.178 e. The van der Waals surface area contributed by atoms with Gasteiger partial charge in [-0.3, -0.25) is 0 Å². The quantitative estimate of drug-likeness (QED) is 0.194.